The van der Waals surface area contributed by atoms with Crippen LogP contribution in [0.1, 0.15) is 0 Å². The number of rotatable bonds is 0. The van der Waals surface area contributed by atoms with Crippen LogP contribution in [0, 0.1) is 2.65 Å². The van der Waals surface area contributed by atoms with Gasteiger partial charge < -0.3 is 0 Å². The molecule has 0 atom stereocenters. The van der Waals surface area contributed by atoms with Crippen LogP contribution >= 0.6 is 47.8 Å². The second-order valence-electron chi connectivity index (χ2n) is 0.214. The number of hydrogen-bond donors (Lipinski definition) is 0. The van der Waals surface area contributed by atoms with E-state index in [2.05, 4.69) is 47.8 Å². The second-order valence-corrected chi connectivity index (χ2v) is 5.79. The quantitative estimate of drug-likeness (QED) is 0.635. The number of halogens is 3. The van der Waals surface area contributed by atoms with Gasteiger partial charge in [-0.3, -0.25) is 0 Å². The molecule has 0 heterocycles. The third kappa shape index (κ3) is 21.9. The topological polar surface area (TPSA) is 0 Å². The van der Waals surface area contributed by atoms with Gasteiger partial charge in [0, 0.05) is 26.2 Å². The Morgan fingerprint density at radius 3 is 1.00 bits per heavy atom. The van der Waals surface area contributed by atoms with Crippen molar-refractivity contribution in [1.29, 1.82) is 0 Å². The summed E-state index contributed by atoms with van der Waals surface area (Å²) >= 11 is 9.06. The van der Waals surface area contributed by atoms with E-state index >= 15 is 0 Å². The van der Waals surface area contributed by atoms with Gasteiger partial charge in [-0.15, -0.1) is 0 Å². The van der Waals surface area contributed by atoms with Gasteiger partial charge in [-0.2, -0.15) is 0 Å². The van der Waals surface area contributed by atoms with Gasteiger partial charge in [0.2, 0.25) is 0 Å². The minimum atomic E-state index is 0. The van der Waals surface area contributed by atoms with Crippen LogP contribution in [-0.2, 0) is 26.2 Å². The first kappa shape index (κ1) is 10.3. The molecule has 0 spiro atoms. The van der Waals surface area contributed by atoms with Crippen molar-refractivity contribution < 1.29 is 26.2 Å². The summed E-state index contributed by atoms with van der Waals surface area (Å²) in [7, 11) is 0. The van der Waals surface area contributed by atoms with Gasteiger partial charge in [-0.1, -0.05) is 47.8 Å². The van der Waals surface area contributed by atoms with Crippen LogP contribution in [0.3, 0.4) is 0 Å². The molecule has 0 bridgehead atoms. The molecule has 0 fully saturated rings. The molecule has 0 amide bonds. The summed E-state index contributed by atoms with van der Waals surface area (Å²) in [5.74, 6) is 0. The summed E-state index contributed by atoms with van der Waals surface area (Å²) in [6.45, 7) is 0. The van der Waals surface area contributed by atoms with Gasteiger partial charge >= 0.3 is 0 Å². The summed E-state index contributed by atoms with van der Waals surface area (Å²) in [5.41, 5.74) is 0. The molecule has 0 aliphatic carbocycles. The molecule has 1 radical (unpaired) electrons. The first-order valence-electron chi connectivity index (χ1n) is 0.567. The van der Waals surface area contributed by atoms with Crippen molar-refractivity contribution in [3.8, 4) is 0 Å². The molecule has 0 aliphatic rings. The Kier molecular flexibility index (Phi) is 13.1. The van der Waals surface area contributed by atoms with E-state index in [1.165, 1.54) is 0 Å². The molecular weight excluding hydrogens is 343 g/mol. The van der Waals surface area contributed by atoms with E-state index in [4.69, 9.17) is 0 Å². The first-order chi connectivity index (χ1) is 1.73. The van der Waals surface area contributed by atoms with Crippen molar-refractivity contribution in [3.05, 3.63) is 2.65 Å². The molecule has 0 aromatic heterocycles. The van der Waals surface area contributed by atoms with Crippen molar-refractivity contribution in [2.45, 2.75) is 0 Å². The normalized spacial score (nSPS) is 7.20. The zero-order chi connectivity index (χ0) is 3.58. The van der Waals surface area contributed by atoms with Gasteiger partial charge in [0.15, 0.2) is 2.65 Å². The van der Waals surface area contributed by atoms with E-state index in [9.17, 15) is 0 Å². The Hall–Kier alpha value is 2.32. The smallest absolute Gasteiger partial charge is 0.0564 e. The molecule has 0 N–H and O–H groups in total. The molecule has 0 saturated heterocycles. The summed E-state index contributed by atoms with van der Waals surface area (Å²) in [6, 6.07) is 0. The minimum absolute atomic E-state index is 0. The summed E-state index contributed by atoms with van der Waals surface area (Å²) < 4.78 is 0.854. The number of hydrogen-bond acceptors (Lipinski definition) is 0. The fourth-order valence-corrected chi connectivity index (χ4v) is 0. The van der Waals surface area contributed by atoms with Gasteiger partial charge in [-0.05, 0) is 0 Å². The predicted molar refractivity (Wildman–Crippen MR) is 30.0 cm³/mol. The molecular formula is CBr3Zr. The maximum atomic E-state index is 3.02. The Balaban J connectivity index is 0. The second kappa shape index (κ2) is 6.32. The minimum Gasteiger partial charge on any atom is -0.0564 e. The van der Waals surface area contributed by atoms with E-state index in [-0.39, 0.29) is 26.2 Å². The average molecular weight is 343 g/mol. The zero-order valence-electron chi connectivity index (χ0n) is 2.13. The van der Waals surface area contributed by atoms with Crippen LogP contribution in [0.5, 0.6) is 0 Å². The van der Waals surface area contributed by atoms with Crippen molar-refractivity contribution in [2.24, 2.45) is 0 Å². The van der Waals surface area contributed by atoms with E-state index in [1.807, 2.05) is 0 Å². The van der Waals surface area contributed by atoms with E-state index in [0.29, 0.717) is 0 Å². The average Bonchev–Trinajstić information content (AvgIpc) is 0.811. The molecule has 0 aromatic rings. The largest absolute Gasteiger partial charge is 0.169 e. The molecule has 0 aromatic carbocycles. The third-order valence-electron chi connectivity index (χ3n) is 0. The predicted octanol–water partition coefficient (Wildman–Crippen LogP) is 2.62. The first-order valence-corrected chi connectivity index (χ1v) is 2.95. The van der Waals surface area contributed by atoms with Crippen LogP contribution < -0.4 is 0 Å². The molecule has 0 aliphatic heterocycles. The molecule has 4 heteroatoms. The van der Waals surface area contributed by atoms with E-state index in [0.717, 1.165) is 2.65 Å². The Morgan fingerprint density at radius 1 is 1.00 bits per heavy atom. The maximum Gasteiger partial charge on any atom is 0.169 e. The standard InChI is InChI=1S/CBr3.Zr/c2-1(3)4;. The molecule has 0 saturated carbocycles. The van der Waals surface area contributed by atoms with E-state index < -0.39 is 0 Å². The Morgan fingerprint density at radius 2 is 1.00 bits per heavy atom. The monoisotopic (exact) mass is 339 g/mol. The molecule has 0 rings (SSSR count). The Labute approximate surface area is 75.6 Å². The summed E-state index contributed by atoms with van der Waals surface area (Å²) in [4.78, 5) is 0. The van der Waals surface area contributed by atoms with Crippen molar-refractivity contribution >= 4 is 47.8 Å². The molecule has 0 nitrogen and oxygen atoms in total. The van der Waals surface area contributed by atoms with Crippen LogP contribution in [-0.4, -0.2) is 0 Å². The van der Waals surface area contributed by atoms with Gasteiger partial charge in [0.1, 0.15) is 0 Å². The summed E-state index contributed by atoms with van der Waals surface area (Å²) in [5, 5.41) is 0. The van der Waals surface area contributed by atoms with Gasteiger partial charge in [0.05, 0.1) is 0 Å². The van der Waals surface area contributed by atoms with Crippen molar-refractivity contribution in [2.75, 3.05) is 0 Å². The van der Waals surface area contributed by atoms with Gasteiger partial charge in [0.25, 0.3) is 0 Å². The van der Waals surface area contributed by atoms with Crippen molar-refractivity contribution in [1.82, 2.24) is 0 Å². The van der Waals surface area contributed by atoms with Crippen LogP contribution in [0.2, 0.25) is 0 Å². The Bertz CT molecular complexity index is 11.6. The molecule has 5 heavy (non-hydrogen) atoms. The van der Waals surface area contributed by atoms with E-state index in [1.54, 1.807) is 0 Å². The van der Waals surface area contributed by atoms with Crippen molar-refractivity contribution in [3.63, 3.8) is 0 Å². The van der Waals surface area contributed by atoms with Crippen LogP contribution in [0.15, 0.2) is 0 Å². The fourth-order valence-electron chi connectivity index (χ4n) is 0. The fraction of sp³-hybridized carbons (Fsp3) is 0. The van der Waals surface area contributed by atoms with Gasteiger partial charge in [-0.25, -0.2) is 0 Å². The molecule has 29 valence electrons. The van der Waals surface area contributed by atoms with Crippen LogP contribution in [0.25, 0.3) is 0 Å². The SMILES string of the molecule is Br[C](Br)Br.[Zr]. The van der Waals surface area contributed by atoms with Crippen LogP contribution in [0.4, 0.5) is 0 Å². The third-order valence-corrected chi connectivity index (χ3v) is 0. The molecule has 0 unspecified atom stereocenters. The zero-order valence-corrected chi connectivity index (χ0v) is 9.35. The maximum absolute atomic E-state index is 3.02. The summed E-state index contributed by atoms with van der Waals surface area (Å²) in [6.07, 6.45) is 0.